The molecule has 0 bridgehead atoms. The number of allylic oxidation sites excluding steroid dienone is 2. The molecule has 11 heavy (non-hydrogen) atoms. The van der Waals surface area contributed by atoms with Crippen molar-refractivity contribution in [2.75, 3.05) is 0 Å². The number of nitrogens with zero attached hydrogens (tertiary/aromatic N) is 1. The third-order valence-corrected chi connectivity index (χ3v) is 1.98. The molecule has 0 saturated heterocycles. The van der Waals surface area contributed by atoms with Crippen LogP contribution >= 0.6 is 0 Å². The van der Waals surface area contributed by atoms with Crippen LogP contribution in [0.5, 0.6) is 0 Å². The predicted molar refractivity (Wildman–Crippen MR) is 44.4 cm³/mol. The van der Waals surface area contributed by atoms with Gasteiger partial charge in [-0.3, -0.25) is 4.99 Å². The molecular formula is C9H9NO. The van der Waals surface area contributed by atoms with Crippen molar-refractivity contribution in [3.8, 4) is 0 Å². The summed E-state index contributed by atoms with van der Waals surface area (Å²) in [7, 11) is 0. The van der Waals surface area contributed by atoms with E-state index in [2.05, 4.69) is 4.99 Å². The van der Waals surface area contributed by atoms with Crippen molar-refractivity contribution < 1.29 is 5.11 Å². The second kappa shape index (κ2) is 2.17. The summed E-state index contributed by atoms with van der Waals surface area (Å²) in [6.07, 6.45) is 11.5. The summed E-state index contributed by atoms with van der Waals surface area (Å²) in [5, 5.41) is 9.89. The van der Waals surface area contributed by atoms with E-state index in [-0.39, 0.29) is 0 Å². The molecule has 56 valence electrons. The van der Waals surface area contributed by atoms with E-state index in [0.717, 1.165) is 5.57 Å². The van der Waals surface area contributed by atoms with E-state index >= 15 is 0 Å². The maximum Gasteiger partial charge on any atom is 0.114 e. The third kappa shape index (κ3) is 0.955. The minimum Gasteiger partial charge on any atom is -0.381 e. The van der Waals surface area contributed by atoms with Gasteiger partial charge in [0.2, 0.25) is 0 Å². The fourth-order valence-corrected chi connectivity index (χ4v) is 1.28. The van der Waals surface area contributed by atoms with Crippen LogP contribution in [0.4, 0.5) is 0 Å². The van der Waals surface area contributed by atoms with Crippen LogP contribution in [-0.4, -0.2) is 16.9 Å². The van der Waals surface area contributed by atoms with Gasteiger partial charge in [0.15, 0.2) is 0 Å². The van der Waals surface area contributed by atoms with Crippen LogP contribution in [0.25, 0.3) is 0 Å². The van der Waals surface area contributed by atoms with Gasteiger partial charge in [0.25, 0.3) is 0 Å². The van der Waals surface area contributed by atoms with E-state index in [1.165, 1.54) is 0 Å². The van der Waals surface area contributed by atoms with Gasteiger partial charge in [-0.05, 0) is 6.08 Å². The van der Waals surface area contributed by atoms with Crippen LogP contribution in [0.15, 0.2) is 41.1 Å². The van der Waals surface area contributed by atoms with Crippen molar-refractivity contribution in [3.05, 3.63) is 36.1 Å². The molecule has 2 nitrogen and oxygen atoms in total. The molecule has 1 heterocycles. The van der Waals surface area contributed by atoms with Crippen LogP contribution in [0.3, 0.4) is 0 Å². The van der Waals surface area contributed by atoms with Gasteiger partial charge >= 0.3 is 0 Å². The summed E-state index contributed by atoms with van der Waals surface area (Å²) < 4.78 is 0. The van der Waals surface area contributed by atoms with E-state index in [4.69, 9.17) is 0 Å². The Labute approximate surface area is 65.3 Å². The molecule has 0 saturated carbocycles. The third-order valence-electron chi connectivity index (χ3n) is 1.98. The van der Waals surface area contributed by atoms with Gasteiger partial charge in [-0.1, -0.05) is 18.2 Å². The maximum absolute atomic E-state index is 9.89. The van der Waals surface area contributed by atoms with Gasteiger partial charge in [-0.25, -0.2) is 0 Å². The van der Waals surface area contributed by atoms with E-state index in [1.807, 2.05) is 18.2 Å². The molecule has 0 amide bonds. The normalized spacial score (nSPS) is 33.4. The first-order valence-electron chi connectivity index (χ1n) is 3.62. The monoisotopic (exact) mass is 147 g/mol. The van der Waals surface area contributed by atoms with Crippen LogP contribution in [0.1, 0.15) is 6.42 Å². The smallest absolute Gasteiger partial charge is 0.114 e. The Morgan fingerprint density at radius 1 is 1.45 bits per heavy atom. The zero-order valence-corrected chi connectivity index (χ0v) is 6.07. The number of aliphatic imine (C=N–C) groups is 1. The second-order valence-corrected chi connectivity index (χ2v) is 2.76. The van der Waals surface area contributed by atoms with Gasteiger partial charge in [-0.2, -0.15) is 0 Å². The van der Waals surface area contributed by atoms with Crippen molar-refractivity contribution in [1.82, 2.24) is 0 Å². The zero-order chi connectivity index (χ0) is 7.73. The Kier molecular flexibility index (Phi) is 1.29. The molecule has 2 rings (SSSR count). The Balaban J connectivity index is 2.45. The quantitative estimate of drug-likeness (QED) is 0.548. The van der Waals surface area contributed by atoms with Gasteiger partial charge in [0.05, 0.1) is 0 Å². The molecule has 2 aliphatic rings. The molecule has 0 spiro atoms. The van der Waals surface area contributed by atoms with Crippen LogP contribution in [0, 0.1) is 0 Å². The number of hydrogen-bond donors (Lipinski definition) is 1. The number of rotatable bonds is 0. The maximum atomic E-state index is 9.89. The van der Waals surface area contributed by atoms with Crippen molar-refractivity contribution in [2.24, 2.45) is 4.99 Å². The highest BCUT2D eigenvalue weighted by Gasteiger charge is 2.28. The van der Waals surface area contributed by atoms with Crippen LogP contribution in [-0.2, 0) is 0 Å². The van der Waals surface area contributed by atoms with E-state index in [1.54, 1.807) is 18.5 Å². The molecule has 0 aromatic carbocycles. The first-order valence-corrected chi connectivity index (χ1v) is 3.62. The first kappa shape index (κ1) is 6.55. The molecule has 0 fully saturated rings. The SMILES string of the molecule is OC12C=CC=CC1=CN=CC2. The summed E-state index contributed by atoms with van der Waals surface area (Å²) in [4.78, 5) is 3.97. The summed E-state index contributed by atoms with van der Waals surface area (Å²) in [6.45, 7) is 0. The summed E-state index contributed by atoms with van der Waals surface area (Å²) in [5.74, 6) is 0. The van der Waals surface area contributed by atoms with Gasteiger partial charge in [0.1, 0.15) is 5.60 Å². The summed E-state index contributed by atoms with van der Waals surface area (Å²) in [5.41, 5.74) is 0.0961. The molecule has 2 heteroatoms. The fraction of sp³-hybridized carbons (Fsp3) is 0.222. The van der Waals surface area contributed by atoms with E-state index in [0.29, 0.717) is 6.42 Å². The highest BCUT2D eigenvalue weighted by molar-refractivity contribution is 5.66. The fourth-order valence-electron chi connectivity index (χ4n) is 1.28. The predicted octanol–water partition coefficient (Wildman–Crippen LogP) is 1.20. The van der Waals surface area contributed by atoms with Crippen LogP contribution in [0.2, 0.25) is 0 Å². The molecule has 1 unspecified atom stereocenters. The average molecular weight is 147 g/mol. The highest BCUT2D eigenvalue weighted by Crippen LogP contribution is 2.28. The lowest BCUT2D eigenvalue weighted by Crippen LogP contribution is -2.31. The largest absolute Gasteiger partial charge is 0.381 e. The first-order chi connectivity index (χ1) is 5.31. The van der Waals surface area contributed by atoms with Crippen LogP contribution < -0.4 is 0 Å². The lowest BCUT2D eigenvalue weighted by molar-refractivity contribution is 0.140. The second-order valence-electron chi connectivity index (χ2n) is 2.76. The lowest BCUT2D eigenvalue weighted by Gasteiger charge is -2.27. The molecule has 1 aliphatic carbocycles. The Hall–Kier alpha value is -1.15. The molecule has 1 atom stereocenters. The van der Waals surface area contributed by atoms with Crippen molar-refractivity contribution in [1.29, 1.82) is 0 Å². The Bertz CT molecular complexity index is 286. The van der Waals surface area contributed by atoms with Gasteiger partial charge in [0, 0.05) is 24.4 Å². The zero-order valence-electron chi connectivity index (χ0n) is 6.07. The highest BCUT2D eigenvalue weighted by atomic mass is 16.3. The minimum absolute atomic E-state index is 0.583. The Morgan fingerprint density at radius 2 is 2.36 bits per heavy atom. The Morgan fingerprint density at radius 3 is 3.18 bits per heavy atom. The molecule has 0 radical (unpaired) electrons. The summed E-state index contributed by atoms with van der Waals surface area (Å²) in [6, 6.07) is 0. The number of fused-ring (bicyclic) bond motifs is 1. The molecule has 1 N–H and O–H groups in total. The number of aliphatic hydroxyl groups is 1. The van der Waals surface area contributed by atoms with Crippen molar-refractivity contribution >= 4 is 6.21 Å². The molecule has 0 aromatic rings. The number of hydrogen-bond acceptors (Lipinski definition) is 2. The van der Waals surface area contributed by atoms with E-state index < -0.39 is 5.60 Å². The summed E-state index contributed by atoms with van der Waals surface area (Å²) >= 11 is 0. The van der Waals surface area contributed by atoms with Crippen molar-refractivity contribution in [2.45, 2.75) is 12.0 Å². The van der Waals surface area contributed by atoms with Gasteiger partial charge < -0.3 is 5.11 Å². The average Bonchev–Trinajstić information content (AvgIpc) is 2.03. The van der Waals surface area contributed by atoms with Crippen molar-refractivity contribution in [3.63, 3.8) is 0 Å². The minimum atomic E-state index is -0.781. The van der Waals surface area contributed by atoms with E-state index in [9.17, 15) is 5.11 Å². The standard InChI is InChI=1S/C9H9NO/c11-9-4-2-1-3-8(9)7-10-6-5-9/h1-4,6-7,11H,5H2. The molecule has 1 aliphatic heterocycles. The lowest BCUT2D eigenvalue weighted by atomic mass is 9.86. The molecule has 0 aromatic heterocycles. The van der Waals surface area contributed by atoms with Gasteiger partial charge in [-0.15, -0.1) is 0 Å². The topological polar surface area (TPSA) is 32.6 Å². The molecular weight excluding hydrogens is 138 g/mol.